The number of aromatic nitrogens is 6. The first kappa shape index (κ1) is 27.9. The highest BCUT2D eigenvalue weighted by Gasteiger charge is 2.34. The molecule has 4 rings (SSSR count). The molecule has 4 aromatic rings. The first-order chi connectivity index (χ1) is 18.6. The number of ether oxygens (including phenoxy) is 3. The zero-order valence-corrected chi connectivity index (χ0v) is 22.7. The van der Waals surface area contributed by atoms with Gasteiger partial charge >= 0.3 is 0 Å². The van der Waals surface area contributed by atoms with Crippen LogP contribution in [0.4, 0.5) is 4.39 Å². The highest BCUT2D eigenvalue weighted by molar-refractivity contribution is 7.91. The Labute approximate surface area is 224 Å². The number of hydrogen-bond acceptors (Lipinski definition) is 11. The van der Waals surface area contributed by atoms with Gasteiger partial charge in [0.2, 0.25) is 5.88 Å². The molecule has 3 aromatic heterocycles. The molecule has 1 N–H and O–H groups in total. The molecule has 0 radical (unpaired) electrons. The van der Waals surface area contributed by atoms with E-state index >= 15 is 0 Å². The van der Waals surface area contributed by atoms with Crippen molar-refractivity contribution in [1.29, 1.82) is 0 Å². The Morgan fingerprint density at radius 3 is 2.26 bits per heavy atom. The van der Waals surface area contributed by atoms with Crippen molar-refractivity contribution in [3.8, 4) is 34.6 Å². The van der Waals surface area contributed by atoms with Gasteiger partial charge in [0.05, 0.1) is 39.0 Å². The molecule has 0 saturated heterocycles. The summed E-state index contributed by atoms with van der Waals surface area (Å²) in [6.45, 7) is 3.16. The number of benzene rings is 1. The maximum atomic E-state index is 13.5. The number of methoxy groups -OCH3 is 3. The summed E-state index contributed by atoms with van der Waals surface area (Å²) in [6.07, 6.45) is 0.0883. The molecule has 0 fully saturated rings. The van der Waals surface area contributed by atoms with Gasteiger partial charge in [0, 0.05) is 6.07 Å². The molecule has 0 aliphatic carbocycles. The minimum Gasteiger partial charge on any atom is -0.494 e. The molecule has 0 aliphatic rings. The topological polar surface area (TPSA) is 151 Å². The van der Waals surface area contributed by atoms with E-state index in [1.807, 2.05) is 6.92 Å². The second kappa shape index (κ2) is 11.3. The minimum absolute atomic E-state index is 0.00847. The second-order valence-electron chi connectivity index (χ2n) is 8.58. The smallest absolute Gasteiger partial charge is 0.213 e. The molecule has 0 unspecified atom stereocenters. The molecule has 12 nitrogen and oxygen atoms in total. The Hall–Kier alpha value is -4.17. The van der Waals surface area contributed by atoms with E-state index in [0.29, 0.717) is 28.8 Å². The molecule has 0 bridgehead atoms. The van der Waals surface area contributed by atoms with Gasteiger partial charge in [0.15, 0.2) is 33.1 Å². The van der Waals surface area contributed by atoms with Crippen molar-refractivity contribution in [2.24, 2.45) is 0 Å². The number of aliphatic hydroxyl groups is 1. The molecule has 0 saturated carbocycles. The van der Waals surface area contributed by atoms with Gasteiger partial charge in [-0.15, -0.1) is 10.2 Å². The van der Waals surface area contributed by atoms with E-state index in [-0.39, 0.29) is 17.5 Å². The van der Waals surface area contributed by atoms with Crippen LogP contribution in [0.3, 0.4) is 0 Å². The van der Waals surface area contributed by atoms with Gasteiger partial charge in [-0.1, -0.05) is 6.07 Å². The number of hydrogen-bond donors (Lipinski definition) is 1. The fraction of sp³-hybridized carbons (Fsp3) is 0.320. The molecule has 2 atom stereocenters. The van der Waals surface area contributed by atoms with Crippen molar-refractivity contribution in [1.82, 2.24) is 29.7 Å². The summed E-state index contributed by atoms with van der Waals surface area (Å²) in [5, 5.41) is 17.8. The van der Waals surface area contributed by atoms with Gasteiger partial charge in [0.1, 0.15) is 34.7 Å². The lowest BCUT2D eigenvalue weighted by Gasteiger charge is -2.20. The summed E-state index contributed by atoms with van der Waals surface area (Å²) < 4.78 is 58.2. The Bertz CT molecular complexity index is 1560. The fourth-order valence-electron chi connectivity index (χ4n) is 3.91. The number of rotatable bonds is 10. The van der Waals surface area contributed by atoms with Crippen molar-refractivity contribution in [2.75, 3.05) is 21.3 Å². The predicted molar refractivity (Wildman–Crippen MR) is 138 cm³/mol. The summed E-state index contributed by atoms with van der Waals surface area (Å²) in [5.74, 6) is -0.302. The van der Waals surface area contributed by atoms with Gasteiger partial charge < -0.3 is 19.3 Å². The Kier molecular flexibility index (Phi) is 8.06. The molecule has 206 valence electrons. The van der Waals surface area contributed by atoms with Crippen LogP contribution in [0.5, 0.6) is 17.4 Å². The van der Waals surface area contributed by atoms with E-state index in [4.69, 9.17) is 14.2 Å². The third kappa shape index (κ3) is 5.66. The number of para-hydroxylation sites is 1. The maximum Gasteiger partial charge on any atom is 0.213 e. The van der Waals surface area contributed by atoms with E-state index in [1.165, 1.54) is 32.8 Å². The first-order valence-electron chi connectivity index (χ1n) is 11.6. The molecular weight excluding hydrogens is 531 g/mol. The lowest BCUT2D eigenvalue weighted by Crippen LogP contribution is -2.29. The Balaban J connectivity index is 1.86. The van der Waals surface area contributed by atoms with Crippen molar-refractivity contribution in [3.05, 3.63) is 65.8 Å². The largest absolute Gasteiger partial charge is 0.494 e. The zero-order valence-electron chi connectivity index (χ0n) is 21.9. The van der Waals surface area contributed by atoms with Gasteiger partial charge in [-0.25, -0.2) is 27.8 Å². The lowest BCUT2D eigenvalue weighted by atomic mass is 10.2. The summed E-state index contributed by atoms with van der Waals surface area (Å²) in [5.41, 5.74) is 1.54. The monoisotopic (exact) mass is 558 g/mol. The summed E-state index contributed by atoms with van der Waals surface area (Å²) >= 11 is 0. The van der Waals surface area contributed by atoms with Gasteiger partial charge in [0.25, 0.3) is 0 Å². The molecule has 39 heavy (non-hydrogen) atoms. The van der Waals surface area contributed by atoms with Crippen molar-refractivity contribution < 1.29 is 32.1 Å². The molecule has 3 heterocycles. The van der Waals surface area contributed by atoms with Crippen LogP contribution in [0, 0.1) is 12.7 Å². The minimum atomic E-state index is -4.10. The van der Waals surface area contributed by atoms with Gasteiger partial charge in [-0.2, -0.15) is 0 Å². The standard InChI is InChI=1S/C25H27FN6O6S/c1-14-9-17(29-21(10-14)38-5)25-31-30-20(32(25)22-18(36-3)7-6-8-19(22)37-4)13-39(34,35)15(2)23(33)24-27-11-16(26)12-28-24/h6-12,15,23,33H,13H2,1-5H3/t15-,23-/m0/s1. The van der Waals surface area contributed by atoms with E-state index in [9.17, 15) is 17.9 Å². The summed E-state index contributed by atoms with van der Waals surface area (Å²) in [7, 11) is 0.309. The lowest BCUT2D eigenvalue weighted by molar-refractivity contribution is 0.165. The van der Waals surface area contributed by atoms with Gasteiger partial charge in [-0.3, -0.25) is 4.57 Å². The van der Waals surface area contributed by atoms with Crippen LogP contribution >= 0.6 is 0 Å². The van der Waals surface area contributed by atoms with Crippen LogP contribution in [0.2, 0.25) is 0 Å². The van der Waals surface area contributed by atoms with Crippen LogP contribution in [0.15, 0.2) is 42.7 Å². The number of halogens is 1. The SMILES string of the molecule is COc1cc(C)cc(-c2nnc(CS(=O)(=O)[C@@H](C)[C@H](O)c3ncc(F)cn3)n2-c2c(OC)cccc2OC)n1. The number of aryl methyl sites for hydroxylation is 1. The third-order valence-corrected chi connectivity index (χ3v) is 8.04. The van der Waals surface area contributed by atoms with Crippen LogP contribution in [0.25, 0.3) is 17.2 Å². The average Bonchev–Trinajstić information content (AvgIpc) is 3.33. The highest BCUT2D eigenvalue weighted by atomic mass is 32.2. The fourth-order valence-corrected chi connectivity index (χ4v) is 5.23. The van der Waals surface area contributed by atoms with E-state index < -0.39 is 32.8 Å². The third-order valence-electron chi connectivity index (χ3n) is 5.99. The van der Waals surface area contributed by atoms with Gasteiger partial charge in [-0.05, 0) is 37.6 Å². The average molecular weight is 559 g/mol. The summed E-state index contributed by atoms with van der Waals surface area (Å²) in [6, 6.07) is 8.57. The van der Waals surface area contributed by atoms with Crippen LogP contribution in [-0.4, -0.2) is 69.8 Å². The molecule has 1 aromatic carbocycles. The number of aliphatic hydroxyl groups excluding tert-OH is 1. The second-order valence-corrected chi connectivity index (χ2v) is 10.9. The summed E-state index contributed by atoms with van der Waals surface area (Å²) in [4.78, 5) is 11.9. The molecule has 0 spiro atoms. The zero-order chi connectivity index (χ0) is 28.3. The number of nitrogens with zero attached hydrogens (tertiary/aromatic N) is 6. The van der Waals surface area contributed by atoms with Crippen molar-refractivity contribution in [2.45, 2.75) is 31.0 Å². The molecule has 0 aliphatic heterocycles. The maximum absolute atomic E-state index is 13.5. The van der Waals surface area contributed by atoms with Crippen LogP contribution in [-0.2, 0) is 15.6 Å². The normalized spacial score (nSPS) is 13.1. The highest BCUT2D eigenvalue weighted by Crippen LogP contribution is 2.37. The predicted octanol–water partition coefficient (Wildman–Crippen LogP) is 2.63. The quantitative estimate of drug-likeness (QED) is 0.306. The van der Waals surface area contributed by atoms with E-state index in [1.54, 1.807) is 30.3 Å². The molecular formula is C25H27FN6O6S. The van der Waals surface area contributed by atoms with Crippen molar-refractivity contribution in [3.63, 3.8) is 0 Å². The Morgan fingerprint density at radius 1 is 1.03 bits per heavy atom. The van der Waals surface area contributed by atoms with Crippen LogP contribution in [0.1, 0.15) is 30.2 Å². The Morgan fingerprint density at radius 2 is 1.67 bits per heavy atom. The van der Waals surface area contributed by atoms with Crippen molar-refractivity contribution >= 4 is 9.84 Å². The first-order valence-corrected chi connectivity index (χ1v) is 13.4. The molecule has 14 heteroatoms. The number of sulfone groups is 1. The van der Waals surface area contributed by atoms with Crippen LogP contribution < -0.4 is 14.2 Å². The number of pyridine rings is 1. The van der Waals surface area contributed by atoms with E-state index in [0.717, 1.165) is 18.0 Å². The van der Waals surface area contributed by atoms with E-state index in [2.05, 4.69) is 25.1 Å². The molecule has 0 amide bonds.